The first-order chi connectivity index (χ1) is 24.3. The van der Waals surface area contributed by atoms with Crippen LogP contribution in [0.15, 0.2) is 120 Å². The monoisotopic (exact) mass is 684 g/mol. The molecular formula is C40H33ClN4O5. The molecule has 9 nitrogen and oxygen atoms in total. The maximum atomic E-state index is 14.0. The Kier molecular flexibility index (Phi) is 10.1. The molecule has 50 heavy (non-hydrogen) atoms. The Morgan fingerprint density at radius 3 is 2.30 bits per heavy atom. The van der Waals surface area contributed by atoms with Gasteiger partial charge in [0.1, 0.15) is 24.0 Å². The number of amides is 2. The number of halogens is 1. The lowest BCUT2D eigenvalue weighted by Crippen LogP contribution is -2.43. The van der Waals surface area contributed by atoms with Gasteiger partial charge in [-0.3, -0.25) is 14.5 Å². The number of nitrogens with zero attached hydrogens (tertiary/aromatic N) is 4. The molecular weight excluding hydrogens is 652 g/mol. The number of ether oxygens (including phenoxy) is 3. The predicted octanol–water partition coefficient (Wildman–Crippen LogP) is 7.62. The van der Waals surface area contributed by atoms with Gasteiger partial charge in [0, 0.05) is 40.0 Å². The van der Waals surface area contributed by atoms with Crippen LogP contribution in [0, 0.1) is 11.3 Å². The van der Waals surface area contributed by atoms with Crippen molar-refractivity contribution in [2.75, 3.05) is 20.8 Å². The first-order valence-corrected chi connectivity index (χ1v) is 16.2. The summed E-state index contributed by atoms with van der Waals surface area (Å²) in [4.78, 5) is 28.6. The van der Waals surface area contributed by atoms with Crippen molar-refractivity contribution in [3.63, 3.8) is 0 Å². The third-order valence-corrected chi connectivity index (χ3v) is 8.81. The highest BCUT2D eigenvalue weighted by molar-refractivity contribution is 6.31. The summed E-state index contributed by atoms with van der Waals surface area (Å²) in [6.45, 7) is 2.00. The zero-order chi connectivity index (χ0) is 35.2. The molecule has 250 valence electrons. The standard InChI is InChI=1S/C40H33ClN4O5/c1-26-33(39(46)44(40(47)34(26)23-42)20-19-27-13-18-36(48-2)37(21-27)49-3)22-30-24-45(31-10-5-4-6-11-31)43-38(30)28-14-16-32(17-15-28)50-25-29-9-7-8-12-35(29)41/h4-18,21-22,24H,19-20,25H2,1-3H3/b33-22+. The molecule has 0 fully saturated rings. The number of para-hydroxylation sites is 1. The molecule has 1 aromatic heterocycles. The van der Waals surface area contributed by atoms with Gasteiger partial charge in [-0.05, 0) is 85.2 Å². The molecule has 0 N–H and O–H groups in total. The van der Waals surface area contributed by atoms with Crippen molar-refractivity contribution in [1.82, 2.24) is 14.7 Å². The van der Waals surface area contributed by atoms with Gasteiger partial charge in [0.15, 0.2) is 11.5 Å². The van der Waals surface area contributed by atoms with E-state index in [1.165, 1.54) is 0 Å². The van der Waals surface area contributed by atoms with E-state index in [9.17, 15) is 14.9 Å². The maximum absolute atomic E-state index is 14.0. The summed E-state index contributed by atoms with van der Waals surface area (Å²) in [6, 6.07) is 32.1. The molecule has 0 aliphatic carbocycles. The third-order valence-electron chi connectivity index (χ3n) is 8.44. The number of nitriles is 1. The molecule has 10 heteroatoms. The molecule has 0 bridgehead atoms. The Labute approximate surface area is 295 Å². The van der Waals surface area contributed by atoms with E-state index in [0.717, 1.165) is 27.3 Å². The van der Waals surface area contributed by atoms with E-state index >= 15 is 0 Å². The molecule has 0 saturated heterocycles. The Morgan fingerprint density at radius 1 is 0.880 bits per heavy atom. The summed E-state index contributed by atoms with van der Waals surface area (Å²) in [5.41, 5.74) is 5.02. The van der Waals surface area contributed by atoms with E-state index in [1.54, 1.807) is 44.0 Å². The van der Waals surface area contributed by atoms with Gasteiger partial charge in [-0.25, -0.2) is 4.68 Å². The lowest BCUT2D eigenvalue weighted by molar-refractivity contribution is -0.140. The minimum absolute atomic E-state index is 0.0642. The van der Waals surface area contributed by atoms with Crippen LogP contribution in [-0.2, 0) is 22.6 Å². The van der Waals surface area contributed by atoms with Crippen LogP contribution in [0.1, 0.15) is 23.6 Å². The Balaban J connectivity index is 1.34. The third kappa shape index (κ3) is 7.02. The average molecular weight is 685 g/mol. The number of imide groups is 1. The molecule has 6 rings (SSSR count). The molecule has 2 heterocycles. The number of carbonyl (C=O) groups is 2. The number of hydrogen-bond donors (Lipinski definition) is 0. The van der Waals surface area contributed by atoms with E-state index in [-0.39, 0.29) is 17.7 Å². The summed E-state index contributed by atoms with van der Waals surface area (Å²) in [5, 5.41) is 15.5. The normalized spacial score (nSPS) is 13.8. The van der Waals surface area contributed by atoms with E-state index in [4.69, 9.17) is 30.9 Å². The lowest BCUT2D eigenvalue weighted by Gasteiger charge is -2.27. The van der Waals surface area contributed by atoms with Gasteiger partial charge in [-0.1, -0.05) is 54.1 Å². The van der Waals surface area contributed by atoms with Crippen LogP contribution in [0.25, 0.3) is 23.0 Å². The van der Waals surface area contributed by atoms with Gasteiger partial charge in [-0.15, -0.1) is 0 Å². The number of methoxy groups -OCH3 is 2. The maximum Gasteiger partial charge on any atom is 0.271 e. The summed E-state index contributed by atoms with van der Waals surface area (Å²) in [7, 11) is 3.10. The molecule has 0 saturated carbocycles. The predicted molar refractivity (Wildman–Crippen MR) is 191 cm³/mol. The highest BCUT2D eigenvalue weighted by atomic mass is 35.5. The molecule has 0 spiro atoms. The molecule has 1 aliphatic heterocycles. The second kappa shape index (κ2) is 15.0. The van der Waals surface area contributed by atoms with Crippen LogP contribution < -0.4 is 14.2 Å². The van der Waals surface area contributed by atoms with E-state index in [2.05, 4.69) is 0 Å². The number of benzene rings is 4. The van der Waals surface area contributed by atoms with Crippen molar-refractivity contribution in [3.8, 4) is 40.3 Å². The smallest absolute Gasteiger partial charge is 0.271 e. The van der Waals surface area contributed by atoms with Crippen molar-refractivity contribution in [3.05, 3.63) is 142 Å². The van der Waals surface area contributed by atoms with Gasteiger partial charge in [0.2, 0.25) is 0 Å². The molecule has 1 aliphatic rings. The van der Waals surface area contributed by atoms with Crippen LogP contribution in [0.3, 0.4) is 0 Å². The molecule has 0 unspecified atom stereocenters. The first kappa shape index (κ1) is 33.8. The fourth-order valence-corrected chi connectivity index (χ4v) is 5.87. The highest BCUT2D eigenvalue weighted by Gasteiger charge is 2.35. The summed E-state index contributed by atoms with van der Waals surface area (Å²) >= 11 is 6.30. The molecule has 0 radical (unpaired) electrons. The van der Waals surface area contributed by atoms with E-state index in [1.807, 2.05) is 97.2 Å². The van der Waals surface area contributed by atoms with Crippen molar-refractivity contribution in [1.29, 1.82) is 5.26 Å². The largest absolute Gasteiger partial charge is 0.493 e. The van der Waals surface area contributed by atoms with Gasteiger partial charge >= 0.3 is 0 Å². The molecule has 2 amide bonds. The van der Waals surface area contributed by atoms with Crippen LogP contribution >= 0.6 is 11.6 Å². The number of aromatic nitrogens is 2. The zero-order valence-corrected chi connectivity index (χ0v) is 28.5. The number of hydrogen-bond acceptors (Lipinski definition) is 7. The van der Waals surface area contributed by atoms with Gasteiger partial charge in [-0.2, -0.15) is 10.4 Å². The Morgan fingerprint density at radius 2 is 1.60 bits per heavy atom. The van der Waals surface area contributed by atoms with Crippen LogP contribution in [-0.4, -0.2) is 47.3 Å². The van der Waals surface area contributed by atoms with Crippen molar-refractivity contribution in [2.45, 2.75) is 20.0 Å². The summed E-state index contributed by atoms with van der Waals surface area (Å²) in [5.74, 6) is 0.648. The Bertz CT molecular complexity index is 2160. The quantitative estimate of drug-likeness (QED) is 0.104. The minimum atomic E-state index is -0.625. The average Bonchev–Trinajstić information content (AvgIpc) is 3.57. The van der Waals surface area contributed by atoms with Gasteiger partial charge in [0.25, 0.3) is 11.8 Å². The number of carbonyl (C=O) groups excluding carboxylic acids is 2. The van der Waals surface area contributed by atoms with Crippen molar-refractivity contribution >= 4 is 29.5 Å². The second-order valence-corrected chi connectivity index (χ2v) is 11.9. The topological polar surface area (TPSA) is 107 Å². The second-order valence-electron chi connectivity index (χ2n) is 11.5. The van der Waals surface area contributed by atoms with Crippen molar-refractivity contribution in [2.24, 2.45) is 0 Å². The molecule has 5 aromatic rings. The Hall–Kier alpha value is -6.11. The lowest BCUT2D eigenvalue weighted by atomic mass is 9.93. The molecule has 4 aromatic carbocycles. The van der Waals surface area contributed by atoms with Gasteiger partial charge in [0.05, 0.1) is 25.6 Å². The highest BCUT2D eigenvalue weighted by Crippen LogP contribution is 2.33. The van der Waals surface area contributed by atoms with E-state index in [0.29, 0.717) is 52.1 Å². The van der Waals surface area contributed by atoms with Crippen LogP contribution in [0.4, 0.5) is 0 Å². The fourth-order valence-electron chi connectivity index (χ4n) is 5.68. The van der Waals surface area contributed by atoms with Crippen LogP contribution in [0.2, 0.25) is 5.02 Å². The first-order valence-electron chi connectivity index (χ1n) is 15.8. The zero-order valence-electron chi connectivity index (χ0n) is 27.7. The number of rotatable bonds is 11. The van der Waals surface area contributed by atoms with Crippen LogP contribution in [0.5, 0.6) is 17.2 Å². The summed E-state index contributed by atoms with van der Waals surface area (Å²) < 4.78 is 18.5. The van der Waals surface area contributed by atoms with Crippen molar-refractivity contribution < 1.29 is 23.8 Å². The van der Waals surface area contributed by atoms with E-state index < -0.39 is 11.8 Å². The molecule has 0 atom stereocenters. The minimum Gasteiger partial charge on any atom is -0.493 e. The fraction of sp³-hybridized carbons (Fsp3) is 0.150. The van der Waals surface area contributed by atoms with Gasteiger partial charge < -0.3 is 14.2 Å². The summed E-state index contributed by atoms with van der Waals surface area (Å²) in [6.07, 6.45) is 3.88. The SMILES string of the molecule is COc1ccc(CCN2C(=O)C(C#N)=C(C)/C(=C\c3cn(-c4ccccc4)nc3-c3ccc(OCc4ccccc4Cl)cc3)C2=O)cc1OC.